The molecule has 0 amide bonds. The van der Waals surface area contributed by atoms with E-state index >= 15 is 0 Å². The van der Waals surface area contributed by atoms with E-state index < -0.39 is 0 Å². The molecule has 1 aromatic carbocycles. The molecule has 0 bridgehead atoms. The van der Waals surface area contributed by atoms with E-state index in [-0.39, 0.29) is 0 Å². The van der Waals surface area contributed by atoms with Crippen LogP contribution in [0.4, 0.5) is 0 Å². The van der Waals surface area contributed by atoms with Crippen LogP contribution >= 0.6 is 11.3 Å². The van der Waals surface area contributed by atoms with E-state index in [1.165, 1.54) is 4.88 Å². The topological polar surface area (TPSA) is 46.1 Å². The van der Waals surface area contributed by atoms with Gasteiger partial charge in [0.15, 0.2) is 5.96 Å². The summed E-state index contributed by atoms with van der Waals surface area (Å²) in [5.41, 5.74) is 1.08. The summed E-state index contributed by atoms with van der Waals surface area (Å²) in [6.45, 7) is 1.46. The molecule has 1 aromatic heterocycles. The lowest BCUT2D eigenvalue weighted by Gasteiger charge is -2.23. The summed E-state index contributed by atoms with van der Waals surface area (Å²) in [6, 6.07) is 10.0. The minimum atomic E-state index is 0.692. The highest BCUT2D eigenvalue weighted by Gasteiger charge is 2.11. The Bertz CT molecular complexity index is 641. The van der Waals surface area contributed by atoms with Crippen molar-refractivity contribution in [3.63, 3.8) is 0 Å². The normalized spacial score (nSPS) is 11.2. The van der Waals surface area contributed by atoms with E-state index in [1.54, 1.807) is 32.6 Å². The Hall–Kier alpha value is -2.21. The van der Waals surface area contributed by atoms with Gasteiger partial charge >= 0.3 is 0 Å². The van der Waals surface area contributed by atoms with Crippen molar-refractivity contribution in [1.82, 2.24) is 10.2 Å². The zero-order valence-electron chi connectivity index (χ0n) is 14.0. The number of ether oxygens (including phenoxy) is 2. The SMILES string of the molecule is CN=C(NCc1cccs1)N(C)Cc1ccc(OC)cc1OC. The second-order valence-electron chi connectivity index (χ2n) is 5.01. The van der Waals surface area contributed by atoms with Crippen LogP contribution < -0.4 is 14.8 Å². The molecule has 2 rings (SSSR count). The van der Waals surface area contributed by atoms with Gasteiger partial charge in [-0.15, -0.1) is 11.3 Å². The number of benzene rings is 1. The second kappa shape index (κ2) is 8.43. The van der Waals surface area contributed by atoms with Crippen molar-refractivity contribution >= 4 is 17.3 Å². The number of nitrogens with zero attached hydrogens (tertiary/aromatic N) is 2. The van der Waals surface area contributed by atoms with Gasteiger partial charge in [0.05, 0.1) is 20.8 Å². The lowest BCUT2D eigenvalue weighted by Crippen LogP contribution is -2.37. The van der Waals surface area contributed by atoms with Crippen LogP contribution in [0, 0.1) is 0 Å². The Labute approximate surface area is 141 Å². The average molecular weight is 333 g/mol. The van der Waals surface area contributed by atoms with Gasteiger partial charge in [-0.05, 0) is 23.6 Å². The number of methoxy groups -OCH3 is 2. The number of hydrogen-bond donors (Lipinski definition) is 1. The summed E-state index contributed by atoms with van der Waals surface area (Å²) >= 11 is 1.73. The zero-order valence-corrected chi connectivity index (χ0v) is 14.8. The van der Waals surface area contributed by atoms with Gasteiger partial charge in [-0.2, -0.15) is 0 Å². The molecule has 0 aliphatic rings. The predicted molar refractivity (Wildman–Crippen MR) is 95.5 cm³/mol. The van der Waals surface area contributed by atoms with Crippen molar-refractivity contribution in [3.8, 4) is 11.5 Å². The summed E-state index contributed by atoms with van der Waals surface area (Å²) in [6.07, 6.45) is 0. The number of guanidine groups is 1. The molecule has 0 spiro atoms. The highest BCUT2D eigenvalue weighted by Crippen LogP contribution is 2.25. The molecule has 124 valence electrons. The molecule has 23 heavy (non-hydrogen) atoms. The highest BCUT2D eigenvalue weighted by molar-refractivity contribution is 7.09. The van der Waals surface area contributed by atoms with Crippen LogP contribution in [0.25, 0.3) is 0 Å². The summed E-state index contributed by atoms with van der Waals surface area (Å²) in [7, 11) is 7.12. The molecule has 0 aliphatic carbocycles. The van der Waals surface area contributed by atoms with E-state index in [4.69, 9.17) is 9.47 Å². The van der Waals surface area contributed by atoms with Crippen LogP contribution in [0.1, 0.15) is 10.4 Å². The third-order valence-corrected chi connectivity index (χ3v) is 4.35. The molecule has 0 aliphatic heterocycles. The quantitative estimate of drug-likeness (QED) is 0.652. The fraction of sp³-hybridized carbons (Fsp3) is 0.353. The predicted octanol–water partition coefficient (Wildman–Crippen LogP) is 2.97. The van der Waals surface area contributed by atoms with Crippen LogP contribution in [-0.4, -0.2) is 39.2 Å². The Morgan fingerprint density at radius 1 is 1.26 bits per heavy atom. The van der Waals surface area contributed by atoms with Crippen LogP contribution in [0.2, 0.25) is 0 Å². The Balaban J connectivity index is 2.02. The molecule has 1 N–H and O–H groups in total. The van der Waals surface area contributed by atoms with Crippen LogP contribution in [0.5, 0.6) is 11.5 Å². The fourth-order valence-corrected chi connectivity index (χ4v) is 2.92. The average Bonchev–Trinajstić information content (AvgIpc) is 3.09. The molecule has 6 heteroatoms. The van der Waals surface area contributed by atoms with E-state index in [0.717, 1.165) is 29.6 Å². The largest absolute Gasteiger partial charge is 0.497 e. The summed E-state index contributed by atoms with van der Waals surface area (Å²) in [4.78, 5) is 7.69. The van der Waals surface area contributed by atoms with Gasteiger partial charge in [0.1, 0.15) is 11.5 Å². The third kappa shape index (κ3) is 4.63. The molecule has 0 unspecified atom stereocenters. The van der Waals surface area contributed by atoms with Gasteiger partial charge in [0.25, 0.3) is 0 Å². The van der Waals surface area contributed by atoms with Gasteiger partial charge < -0.3 is 19.7 Å². The molecule has 2 aromatic rings. The summed E-state index contributed by atoms with van der Waals surface area (Å²) in [5.74, 6) is 2.44. The van der Waals surface area contributed by atoms with Crippen molar-refractivity contribution in [2.24, 2.45) is 4.99 Å². The molecule has 0 radical (unpaired) electrons. The fourth-order valence-electron chi connectivity index (χ4n) is 2.28. The van der Waals surface area contributed by atoms with Gasteiger partial charge in [-0.3, -0.25) is 4.99 Å². The minimum absolute atomic E-state index is 0.692. The van der Waals surface area contributed by atoms with Gasteiger partial charge in [0.2, 0.25) is 0 Å². The number of thiophene rings is 1. The standard InChI is InChI=1S/C17H23N3O2S/c1-18-17(19-11-15-6-5-9-23-15)20(2)12-13-7-8-14(21-3)10-16(13)22-4/h5-10H,11-12H2,1-4H3,(H,18,19). The molecular weight excluding hydrogens is 310 g/mol. The van der Waals surface area contributed by atoms with E-state index in [1.807, 2.05) is 25.2 Å². The Kier molecular flexibility index (Phi) is 6.29. The van der Waals surface area contributed by atoms with Crippen molar-refractivity contribution in [3.05, 3.63) is 46.2 Å². The zero-order chi connectivity index (χ0) is 16.7. The molecule has 5 nitrogen and oxygen atoms in total. The minimum Gasteiger partial charge on any atom is -0.497 e. The first-order valence-electron chi connectivity index (χ1n) is 7.33. The van der Waals surface area contributed by atoms with Crippen LogP contribution in [0.3, 0.4) is 0 Å². The van der Waals surface area contributed by atoms with Crippen molar-refractivity contribution in [1.29, 1.82) is 0 Å². The monoisotopic (exact) mass is 333 g/mol. The van der Waals surface area contributed by atoms with Crippen LogP contribution in [-0.2, 0) is 13.1 Å². The smallest absolute Gasteiger partial charge is 0.193 e. The number of rotatable bonds is 6. The molecule has 1 heterocycles. The lowest BCUT2D eigenvalue weighted by molar-refractivity contribution is 0.382. The number of nitrogens with one attached hydrogen (secondary N) is 1. The maximum atomic E-state index is 5.46. The first kappa shape index (κ1) is 17.1. The highest BCUT2D eigenvalue weighted by atomic mass is 32.1. The van der Waals surface area contributed by atoms with E-state index in [2.05, 4.69) is 32.7 Å². The lowest BCUT2D eigenvalue weighted by atomic mass is 10.2. The second-order valence-corrected chi connectivity index (χ2v) is 6.05. The summed E-state index contributed by atoms with van der Waals surface area (Å²) < 4.78 is 10.7. The number of aliphatic imine (C=N–C) groups is 1. The first-order valence-corrected chi connectivity index (χ1v) is 8.21. The molecule has 0 saturated heterocycles. The number of hydrogen-bond acceptors (Lipinski definition) is 4. The molecule has 0 saturated carbocycles. The van der Waals surface area contributed by atoms with E-state index in [0.29, 0.717) is 6.54 Å². The molecule has 0 fully saturated rings. The van der Waals surface area contributed by atoms with Gasteiger partial charge in [-0.1, -0.05) is 6.07 Å². The van der Waals surface area contributed by atoms with Gasteiger partial charge in [0, 0.05) is 37.1 Å². The Morgan fingerprint density at radius 3 is 2.70 bits per heavy atom. The van der Waals surface area contributed by atoms with Crippen molar-refractivity contribution in [2.75, 3.05) is 28.3 Å². The molecular formula is C17H23N3O2S. The van der Waals surface area contributed by atoms with Crippen LogP contribution in [0.15, 0.2) is 40.7 Å². The third-order valence-electron chi connectivity index (χ3n) is 3.48. The maximum absolute atomic E-state index is 5.46. The van der Waals surface area contributed by atoms with E-state index in [9.17, 15) is 0 Å². The molecule has 0 atom stereocenters. The van der Waals surface area contributed by atoms with Crippen molar-refractivity contribution < 1.29 is 9.47 Å². The van der Waals surface area contributed by atoms with Gasteiger partial charge in [-0.25, -0.2) is 0 Å². The maximum Gasteiger partial charge on any atom is 0.193 e. The van der Waals surface area contributed by atoms with Crippen molar-refractivity contribution in [2.45, 2.75) is 13.1 Å². The summed E-state index contributed by atoms with van der Waals surface area (Å²) in [5, 5.41) is 5.45. The first-order chi connectivity index (χ1) is 11.2. The Morgan fingerprint density at radius 2 is 2.09 bits per heavy atom.